The van der Waals surface area contributed by atoms with Crippen LogP contribution in [0.4, 0.5) is 0 Å². The van der Waals surface area contributed by atoms with E-state index >= 15 is 0 Å². The monoisotopic (exact) mass is 318 g/mol. The van der Waals surface area contributed by atoms with Gasteiger partial charge in [-0.1, -0.05) is 23.2 Å². The van der Waals surface area contributed by atoms with E-state index in [1.807, 2.05) is 39.0 Å². The first-order valence-electron chi connectivity index (χ1n) is 6.76. The van der Waals surface area contributed by atoms with Crippen LogP contribution in [-0.4, -0.2) is 16.9 Å². The highest BCUT2D eigenvalue weighted by Gasteiger charge is 2.16. The summed E-state index contributed by atoms with van der Waals surface area (Å²) in [5.41, 5.74) is 2.02. The fourth-order valence-corrected chi connectivity index (χ4v) is 3.67. The van der Waals surface area contributed by atoms with Gasteiger partial charge in [-0.05, 0) is 39.0 Å². The zero-order valence-corrected chi connectivity index (χ0v) is 13.6. The summed E-state index contributed by atoms with van der Waals surface area (Å²) in [6, 6.07) is 7.99. The highest BCUT2D eigenvalue weighted by Crippen LogP contribution is 2.36. The molecule has 21 heavy (non-hydrogen) atoms. The predicted molar refractivity (Wildman–Crippen MR) is 89.5 cm³/mol. The first-order chi connectivity index (χ1) is 9.95. The van der Waals surface area contributed by atoms with E-state index in [0.717, 1.165) is 26.6 Å². The number of aryl methyl sites for hydroxylation is 1. The predicted octanol–water partition coefficient (Wildman–Crippen LogP) is 4.55. The Morgan fingerprint density at radius 2 is 2.05 bits per heavy atom. The van der Waals surface area contributed by atoms with Crippen LogP contribution in [0.25, 0.3) is 21.0 Å². The lowest BCUT2D eigenvalue weighted by Gasteiger charge is -2.05. The average Bonchev–Trinajstić information content (AvgIpc) is 2.85. The number of pyridine rings is 1. The fraction of sp³-hybridized carbons (Fsp3) is 0.250. The molecular formula is C16H15ClN2OS. The van der Waals surface area contributed by atoms with Gasteiger partial charge in [0.2, 0.25) is 0 Å². The molecule has 0 spiro atoms. The van der Waals surface area contributed by atoms with E-state index in [1.54, 1.807) is 0 Å². The van der Waals surface area contributed by atoms with Crippen molar-refractivity contribution in [1.29, 1.82) is 0 Å². The summed E-state index contributed by atoms with van der Waals surface area (Å²) in [6.07, 6.45) is 0. The van der Waals surface area contributed by atoms with Crippen LogP contribution in [0, 0.1) is 6.92 Å². The second-order valence-electron chi connectivity index (χ2n) is 5.40. The summed E-state index contributed by atoms with van der Waals surface area (Å²) in [5, 5.41) is 5.24. The summed E-state index contributed by atoms with van der Waals surface area (Å²) in [6.45, 7) is 5.93. The second kappa shape index (κ2) is 5.28. The average molecular weight is 319 g/mol. The first kappa shape index (κ1) is 14.3. The Labute approximate surface area is 131 Å². The molecule has 108 valence electrons. The summed E-state index contributed by atoms with van der Waals surface area (Å²) in [5.74, 6) is -0.0666. The molecule has 0 saturated carbocycles. The molecule has 5 heteroatoms. The summed E-state index contributed by atoms with van der Waals surface area (Å²) >= 11 is 7.73. The first-order valence-corrected chi connectivity index (χ1v) is 7.95. The molecule has 1 N–H and O–H groups in total. The standard InChI is InChI=1S/C16H15ClN2OS/c1-8(2)18-16(20)13-7-11-14(21-13)10-6-9(3)4-5-12(10)19-15(11)17/h4-8H,1-3H3,(H,18,20). The molecule has 2 heterocycles. The van der Waals surface area contributed by atoms with Gasteiger partial charge < -0.3 is 5.32 Å². The van der Waals surface area contributed by atoms with E-state index < -0.39 is 0 Å². The molecule has 3 nitrogen and oxygen atoms in total. The van der Waals surface area contributed by atoms with E-state index in [9.17, 15) is 4.79 Å². The van der Waals surface area contributed by atoms with Gasteiger partial charge in [-0.15, -0.1) is 11.3 Å². The maximum atomic E-state index is 12.2. The van der Waals surface area contributed by atoms with Crippen LogP contribution in [-0.2, 0) is 0 Å². The van der Waals surface area contributed by atoms with Crippen LogP contribution in [0.1, 0.15) is 29.1 Å². The molecule has 0 atom stereocenters. The SMILES string of the molecule is Cc1ccc2nc(Cl)c3cc(C(=O)NC(C)C)sc3c2c1. The van der Waals surface area contributed by atoms with E-state index in [2.05, 4.69) is 16.4 Å². The number of nitrogens with zero attached hydrogens (tertiary/aromatic N) is 1. The summed E-state index contributed by atoms with van der Waals surface area (Å²) in [4.78, 5) is 17.3. The van der Waals surface area contributed by atoms with Crippen molar-refractivity contribution in [3.63, 3.8) is 0 Å². The van der Waals surface area contributed by atoms with Gasteiger partial charge in [0, 0.05) is 21.5 Å². The maximum Gasteiger partial charge on any atom is 0.261 e. The topological polar surface area (TPSA) is 42.0 Å². The van der Waals surface area contributed by atoms with Gasteiger partial charge in [-0.2, -0.15) is 0 Å². The third-order valence-corrected chi connectivity index (χ3v) is 4.67. The summed E-state index contributed by atoms with van der Waals surface area (Å²) in [7, 11) is 0. The van der Waals surface area contributed by atoms with Crippen molar-refractivity contribution >= 4 is 49.8 Å². The lowest BCUT2D eigenvalue weighted by molar-refractivity contribution is 0.0947. The zero-order valence-electron chi connectivity index (χ0n) is 12.0. The number of aromatic nitrogens is 1. The lowest BCUT2D eigenvalue weighted by atomic mass is 10.1. The zero-order chi connectivity index (χ0) is 15.1. The van der Waals surface area contributed by atoms with Gasteiger partial charge in [0.05, 0.1) is 10.4 Å². The van der Waals surface area contributed by atoms with Crippen molar-refractivity contribution in [2.45, 2.75) is 26.8 Å². The van der Waals surface area contributed by atoms with E-state index in [-0.39, 0.29) is 11.9 Å². The molecule has 0 unspecified atom stereocenters. The molecule has 2 aromatic heterocycles. The second-order valence-corrected chi connectivity index (χ2v) is 6.82. The van der Waals surface area contributed by atoms with Crippen molar-refractivity contribution in [3.8, 4) is 0 Å². The molecule has 1 amide bonds. The number of halogens is 1. The molecule has 0 radical (unpaired) electrons. The molecular weight excluding hydrogens is 304 g/mol. The molecule has 0 saturated heterocycles. The highest BCUT2D eigenvalue weighted by molar-refractivity contribution is 7.21. The molecule has 0 aliphatic heterocycles. The van der Waals surface area contributed by atoms with Gasteiger partial charge in [0.1, 0.15) is 5.15 Å². The minimum atomic E-state index is -0.0666. The van der Waals surface area contributed by atoms with Crippen LogP contribution in [0.15, 0.2) is 24.3 Å². The Hall–Kier alpha value is -1.65. The highest BCUT2D eigenvalue weighted by atomic mass is 35.5. The Bertz CT molecular complexity index is 854. The van der Waals surface area contributed by atoms with Crippen molar-refractivity contribution < 1.29 is 4.79 Å². The normalized spacial score (nSPS) is 11.5. The number of carbonyl (C=O) groups is 1. The quantitative estimate of drug-likeness (QED) is 0.704. The number of fused-ring (bicyclic) bond motifs is 3. The maximum absolute atomic E-state index is 12.2. The van der Waals surface area contributed by atoms with E-state index in [4.69, 9.17) is 11.6 Å². The Morgan fingerprint density at radius 3 is 2.76 bits per heavy atom. The largest absolute Gasteiger partial charge is 0.349 e. The minimum absolute atomic E-state index is 0.0666. The fourth-order valence-electron chi connectivity index (χ4n) is 2.28. The Balaban J connectivity index is 2.24. The molecule has 3 aromatic rings. The van der Waals surface area contributed by atoms with Gasteiger partial charge >= 0.3 is 0 Å². The number of rotatable bonds is 2. The third kappa shape index (κ3) is 2.61. The molecule has 1 aromatic carbocycles. The van der Waals surface area contributed by atoms with Crippen LogP contribution in [0.5, 0.6) is 0 Å². The number of amides is 1. The Kier molecular flexibility index (Phi) is 3.59. The summed E-state index contributed by atoms with van der Waals surface area (Å²) < 4.78 is 1.02. The van der Waals surface area contributed by atoms with Crippen molar-refractivity contribution in [3.05, 3.63) is 39.9 Å². The third-order valence-electron chi connectivity index (χ3n) is 3.21. The number of hydrogen-bond acceptors (Lipinski definition) is 3. The Morgan fingerprint density at radius 1 is 1.29 bits per heavy atom. The van der Waals surface area contributed by atoms with Crippen LogP contribution >= 0.6 is 22.9 Å². The van der Waals surface area contributed by atoms with Crippen molar-refractivity contribution in [2.24, 2.45) is 0 Å². The molecule has 0 aliphatic rings. The van der Waals surface area contributed by atoms with E-state index in [0.29, 0.717) is 10.0 Å². The van der Waals surface area contributed by atoms with Gasteiger partial charge in [-0.3, -0.25) is 4.79 Å². The lowest BCUT2D eigenvalue weighted by Crippen LogP contribution is -2.29. The number of hydrogen-bond donors (Lipinski definition) is 1. The van der Waals surface area contributed by atoms with Gasteiger partial charge in [0.25, 0.3) is 5.91 Å². The number of nitrogens with one attached hydrogen (secondary N) is 1. The van der Waals surface area contributed by atoms with Crippen molar-refractivity contribution in [2.75, 3.05) is 0 Å². The number of carbonyl (C=O) groups excluding carboxylic acids is 1. The smallest absolute Gasteiger partial charge is 0.261 e. The molecule has 0 fully saturated rings. The minimum Gasteiger partial charge on any atom is -0.349 e. The van der Waals surface area contributed by atoms with Crippen LogP contribution < -0.4 is 5.32 Å². The number of thiophene rings is 1. The van der Waals surface area contributed by atoms with Gasteiger partial charge in [-0.25, -0.2) is 4.98 Å². The molecule has 0 bridgehead atoms. The van der Waals surface area contributed by atoms with Crippen LogP contribution in [0.2, 0.25) is 5.15 Å². The van der Waals surface area contributed by atoms with Crippen LogP contribution in [0.3, 0.4) is 0 Å². The molecule has 0 aliphatic carbocycles. The van der Waals surface area contributed by atoms with Gasteiger partial charge in [0.15, 0.2) is 0 Å². The van der Waals surface area contributed by atoms with Crippen molar-refractivity contribution in [1.82, 2.24) is 10.3 Å². The number of benzene rings is 1. The molecule has 3 rings (SSSR count). The van der Waals surface area contributed by atoms with E-state index in [1.165, 1.54) is 11.3 Å².